The van der Waals surface area contributed by atoms with Gasteiger partial charge in [-0.05, 0) is 19.9 Å². The van der Waals surface area contributed by atoms with Crippen LogP contribution in [-0.2, 0) is 4.79 Å². The minimum absolute atomic E-state index is 0.00171. The fourth-order valence-corrected chi connectivity index (χ4v) is 0.615. The zero-order valence-corrected chi connectivity index (χ0v) is 6.48. The molecule has 0 aliphatic carbocycles. The summed E-state index contributed by atoms with van der Waals surface area (Å²) < 4.78 is 1.50. The molecule has 0 aliphatic heterocycles. The molecule has 1 rings (SSSR count). The largest absolute Gasteiger partial charge is 0.295 e. The minimum Gasteiger partial charge on any atom is -0.295 e. The van der Waals surface area contributed by atoms with E-state index in [1.54, 1.807) is 19.5 Å². The number of nitrogens with zero attached hydrogens (tertiary/aromatic N) is 3. The second-order valence-corrected chi connectivity index (χ2v) is 2.20. The smallest absolute Gasteiger partial charge is 0.154 e. The Bertz CT molecular complexity index is 288. The molecule has 0 saturated heterocycles. The van der Waals surface area contributed by atoms with Crippen molar-refractivity contribution < 1.29 is 4.79 Å². The molecule has 0 aliphatic rings. The predicted octanol–water partition coefficient (Wildman–Crippen LogP) is 0.646. The zero-order valence-electron chi connectivity index (χ0n) is 6.48. The highest BCUT2D eigenvalue weighted by atomic mass is 16.1. The number of hydrogen-bond donors (Lipinski definition) is 0. The first-order valence-electron chi connectivity index (χ1n) is 3.25. The van der Waals surface area contributed by atoms with Crippen LogP contribution in [0.4, 0.5) is 0 Å². The Kier molecular flexibility index (Phi) is 2.15. The maximum absolute atomic E-state index is 10.5. The average Bonchev–Trinajstić information content (AvgIpc) is 2.31. The number of allylic oxidation sites excluding steroid dienone is 1. The highest BCUT2D eigenvalue weighted by Gasteiger charge is 1.89. The maximum Gasteiger partial charge on any atom is 0.154 e. The number of ketones is 1. The minimum atomic E-state index is -0.00171. The normalized spacial score (nSPS) is 10.7. The van der Waals surface area contributed by atoms with Gasteiger partial charge in [-0.2, -0.15) is 5.10 Å². The third-order valence-electron chi connectivity index (χ3n) is 1.09. The van der Waals surface area contributed by atoms with Crippen LogP contribution in [0.25, 0.3) is 6.20 Å². The highest BCUT2D eigenvalue weighted by molar-refractivity contribution is 5.89. The first kappa shape index (κ1) is 7.65. The number of carbonyl (C=O) groups is 1. The van der Waals surface area contributed by atoms with Crippen LogP contribution in [0.15, 0.2) is 12.4 Å². The van der Waals surface area contributed by atoms with E-state index in [2.05, 4.69) is 10.1 Å². The van der Waals surface area contributed by atoms with Crippen LogP contribution < -0.4 is 0 Å². The van der Waals surface area contributed by atoms with Gasteiger partial charge in [0.2, 0.25) is 0 Å². The lowest BCUT2D eigenvalue weighted by molar-refractivity contribution is -0.112. The van der Waals surface area contributed by atoms with Gasteiger partial charge in [0.25, 0.3) is 0 Å². The van der Waals surface area contributed by atoms with Crippen LogP contribution >= 0.6 is 0 Å². The SMILES string of the molecule is CC(=O)/C=C/n1cnc(C)n1. The van der Waals surface area contributed by atoms with Crippen molar-refractivity contribution in [3.05, 3.63) is 18.2 Å². The summed E-state index contributed by atoms with van der Waals surface area (Å²) >= 11 is 0. The van der Waals surface area contributed by atoms with Crippen molar-refractivity contribution >= 4 is 12.0 Å². The van der Waals surface area contributed by atoms with E-state index in [0.717, 1.165) is 0 Å². The molecule has 58 valence electrons. The first-order valence-corrected chi connectivity index (χ1v) is 3.25. The van der Waals surface area contributed by atoms with E-state index >= 15 is 0 Å². The van der Waals surface area contributed by atoms with Gasteiger partial charge < -0.3 is 0 Å². The molecule has 4 nitrogen and oxygen atoms in total. The van der Waals surface area contributed by atoms with E-state index in [-0.39, 0.29) is 5.78 Å². The van der Waals surface area contributed by atoms with E-state index in [1.165, 1.54) is 17.7 Å². The van der Waals surface area contributed by atoms with Crippen LogP contribution in [0.2, 0.25) is 0 Å². The molecule has 0 bridgehead atoms. The number of rotatable bonds is 2. The molecule has 0 fully saturated rings. The highest BCUT2D eigenvalue weighted by Crippen LogP contribution is 1.87. The van der Waals surface area contributed by atoms with E-state index in [0.29, 0.717) is 5.82 Å². The van der Waals surface area contributed by atoms with Gasteiger partial charge in [0.15, 0.2) is 5.78 Å². The van der Waals surface area contributed by atoms with Crippen molar-refractivity contribution in [2.75, 3.05) is 0 Å². The van der Waals surface area contributed by atoms with Gasteiger partial charge in [0.1, 0.15) is 12.2 Å². The predicted molar refractivity (Wildman–Crippen MR) is 40.8 cm³/mol. The van der Waals surface area contributed by atoms with Crippen molar-refractivity contribution in [2.45, 2.75) is 13.8 Å². The summed E-state index contributed by atoms with van der Waals surface area (Å²) in [5.41, 5.74) is 0. The monoisotopic (exact) mass is 151 g/mol. The second kappa shape index (κ2) is 3.09. The fourth-order valence-electron chi connectivity index (χ4n) is 0.615. The maximum atomic E-state index is 10.5. The summed E-state index contributed by atoms with van der Waals surface area (Å²) in [5, 5.41) is 3.95. The molecular weight excluding hydrogens is 142 g/mol. The second-order valence-electron chi connectivity index (χ2n) is 2.20. The van der Waals surface area contributed by atoms with E-state index in [4.69, 9.17) is 0 Å². The van der Waals surface area contributed by atoms with Crippen LogP contribution in [0.3, 0.4) is 0 Å². The van der Waals surface area contributed by atoms with Gasteiger partial charge in [0, 0.05) is 6.20 Å². The lowest BCUT2D eigenvalue weighted by Gasteiger charge is -1.84. The Labute approximate surface area is 64.6 Å². The molecule has 0 amide bonds. The Morgan fingerprint density at radius 2 is 2.45 bits per heavy atom. The lowest BCUT2D eigenvalue weighted by atomic mass is 10.4. The standard InChI is InChI=1S/C7H9N3O/c1-6(11)3-4-10-5-8-7(2)9-10/h3-5H,1-2H3/b4-3+. The molecule has 0 spiro atoms. The molecule has 1 aromatic heterocycles. The summed E-state index contributed by atoms with van der Waals surface area (Å²) in [7, 11) is 0. The number of aromatic nitrogens is 3. The number of carbonyl (C=O) groups excluding carboxylic acids is 1. The number of aryl methyl sites for hydroxylation is 1. The van der Waals surface area contributed by atoms with Gasteiger partial charge in [-0.1, -0.05) is 0 Å². The average molecular weight is 151 g/mol. The summed E-state index contributed by atoms with van der Waals surface area (Å²) in [4.78, 5) is 14.4. The van der Waals surface area contributed by atoms with Crippen LogP contribution in [0.5, 0.6) is 0 Å². The van der Waals surface area contributed by atoms with Gasteiger partial charge in [-0.3, -0.25) is 4.79 Å². The lowest BCUT2D eigenvalue weighted by Crippen LogP contribution is -1.89. The Morgan fingerprint density at radius 3 is 2.91 bits per heavy atom. The summed E-state index contributed by atoms with van der Waals surface area (Å²) in [6.07, 6.45) is 4.56. The molecule has 0 atom stereocenters. The summed E-state index contributed by atoms with van der Waals surface area (Å²) in [6.45, 7) is 3.28. The molecule has 0 aromatic carbocycles. The molecular formula is C7H9N3O. The van der Waals surface area contributed by atoms with Crippen LogP contribution in [0, 0.1) is 6.92 Å². The molecule has 0 N–H and O–H groups in total. The Hall–Kier alpha value is -1.45. The molecule has 11 heavy (non-hydrogen) atoms. The van der Waals surface area contributed by atoms with Crippen molar-refractivity contribution in [3.63, 3.8) is 0 Å². The van der Waals surface area contributed by atoms with E-state index in [1.807, 2.05) is 0 Å². The summed E-state index contributed by atoms with van der Waals surface area (Å²) in [6, 6.07) is 0. The number of hydrogen-bond acceptors (Lipinski definition) is 3. The Morgan fingerprint density at radius 1 is 1.73 bits per heavy atom. The van der Waals surface area contributed by atoms with Crippen LogP contribution in [-0.4, -0.2) is 20.5 Å². The molecule has 4 heteroatoms. The molecule has 0 unspecified atom stereocenters. The Balaban J connectivity index is 2.71. The fraction of sp³-hybridized carbons (Fsp3) is 0.286. The zero-order chi connectivity index (χ0) is 8.27. The molecule has 1 aromatic rings. The first-order chi connectivity index (χ1) is 5.18. The topological polar surface area (TPSA) is 47.8 Å². The van der Waals surface area contributed by atoms with Crippen molar-refractivity contribution in [1.82, 2.24) is 14.8 Å². The quantitative estimate of drug-likeness (QED) is 0.583. The van der Waals surface area contributed by atoms with Crippen molar-refractivity contribution in [1.29, 1.82) is 0 Å². The third-order valence-corrected chi connectivity index (χ3v) is 1.09. The third kappa shape index (κ3) is 2.33. The van der Waals surface area contributed by atoms with Crippen LogP contribution in [0.1, 0.15) is 12.7 Å². The molecule has 0 saturated carbocycles. The molecule has 0 radical (unpaired) electrons. The summed E-state index contributed by atoms with van der Waals surface area (Å²) in [5.74, 6) is 0.691. The van der Waals surface area contributed by atoms with Gasteiger partial charge >= 0.3 is 0 Å². The van der Waals surface area contributed by atoms with Gasteiger partial charge in [0.05, 0.1) is 0 Å². The van der Waals surface area contributed by atoms with E-state index < -0.39 is 0 Å². The van der Waals surface area contributed by atoms with E-state index in [9.17, 15) is 4.79 Å². The van der Waals surface area contributed by atoms with Crippen molar-refractivity contribution in [2.24, 2.45) is 0 Å². The van der Waals surface area contributed by atoms with Gasteiger partial charge in [-0.25, -0.2) is 9.67 Å². The molecule has 1 heterocycles. The van der Waals surface area contributed by atoms with Gasteiger partial charge in [-0.15, -0.1) is 0 Å². The van der Waals surface area contributed by atoms with Crippen molar-refractivity contribution in [3.8, 4) is 0 Å².